The van der Waals surface area contributed by atoms with Gasteiger partial charge in [0.05, 0.1) is 6.61 Å². The molecule has 0 fully saturated rings. The Labute approximate surface area is 104 Å². The molecule has 0 saturated carbocycles. The summed E-state index contributed by atoms with van der Waals surface area (Å²) in [4.78, 5) is 23.5. The van der Waals surface area contributed by atoms with Crippen molar-refractivity contribution in [3.05, 3.63) is 22.4 Å². The highest BCUT2D eigenvalue weighted by Crippen LogP contribution is 2.16. The smallest absolute Gasteiger partial charge is 0.320 e. The molecular weight excluding hydrogens is 240 g/mol. The van der Waals surface area contributed by atoms with E-state index in [9.17, 15) is 9.59 Å². The summed E-state index contributed by atoms with van der Waals surface area (Å²) in [5.41, 5.74) is 0. The van der Waals surface area contributed by atoms with Crippen LogP contribution in [0.2, 0.25) is 0 Å². The predicted octanol–water partition coefficient (Wildman–Crippen LogP) is 2.33. The van der Waals surface area contributed by atoms with Crippen molar-refractivity contribution < 1.29 is 19.4 Å². The maximum Gasteiger partial charge on any atom is 0.320 e. The lowest BCUT2D eigenvalue weighted by atomic mass is 10.0. The van der Waals surface area contributed by atoms with Gasteiger partial charge in [-0.3, -0.25) is 9.59 Å². The van der Waals surface area contributed by atoms with Crippen molar-refractivity contribution in [2.45, 2.75) is 26.2 Å². The lowest BCUT2D eigenvalue weighted by molar-refractivity contribution is -0.158. The topological polar surface area (TPSA) is 63.6 Å². The summed E-state index contributed by atoms with van der Waals surface area (Å²) in [6.45, 7) is 1.88. The normalized spacial score (nSPS) is 12.1. The first kappa shape index (κ1) is 13.7. The number of aliphatic carboxylic acids is 1. The average Bonchev–Trinajstić information content (AvgIpc) is 2.76. The minimum atomic E-state index is -1.10. The quantitative estimate of drug-likeness (QED) is 0.600. The molecule has 1 heterocycles. The SMILES string of the molecule is CCOC(=O)C(CCCc1cccs1)C(=O)O. The van der Waals surface area contributed by atoms with E-state index in [1.807, 2.05) is 17.5 Å². The molecule has 0 aliphatic heterocycles. The van der Waals surface area contributed by atoms with Crippen molar-refractivity contribution in [2.75, 3.05) is 6.61 Å². The van der Waals surface area contributed by atoms with Gasteiger partial charge in [0.1, 0.15) is 0 Å². The molecule has 0 saturated heterocycles. The fourth-order valence-corrected chi connectivity index (χ4v) is 2.27. The number of carboxylic acids is 1. The van der Waals surface area contributed by atoms with Crippen molar-refractivity contribution >= 4 is 23.3 Å². The second-order valence-corrected chi connectivity index (χ2v) is 4.65. The van der Waals surface area contributed by atoms with Crippen LogP contribution in [0.4, 0.5) is 0 Å². The Bertz CT molecular complexity index is 359. The molecule has 1 N–H and O–H groups in total. The van der Waals surface area contributed by atoms with Crippen molar-refractivity contribution in [3.63, 3.8) is 0 Å². The Morgan fingerprint density at radius 2 is 2.29 bits per heavy atom. The van der Waals surface area contributed by atoms with Crippen molar-refractivity contribution in [1.29, 1.82) is 0 Å². The number of thiophene rings is 1. The molecule has 1 aromatic heterocycles. The van der Waals surface area contributed by atoms with E-state index in [4.69, 9.17) is 9.84 Å². The summed E-state index contributed by atoms with van der Waals surface area (Å²) in [5, 5.41) is 10.9. The summed E-state index contributed by atoms with van der Waals surface area (Å²) in [7, 11) is 0. The zero-order chi connectivity index (χ0) is 12.7. The van der Waals surface area contributed by atoms with Gasteiger partial charge in [0.15, 0.2) is 5.92 Å². The Morgan fingerprint density at radius 1 is 1.53 bits per heavy atom. The highest BCUT2D eigenvalue weighted by Gasteiger charge is 2.26. The summed E-state index contributed by atoms with van der Waals surface area (Å²) in [5.74, 6) is -2.77. The molecule has 0 bridgehead atoms. The number of rotatable bonds is 7. The van der Waals surface area contributed by atoms with Crippen LogP contribution in [-0.2, 0) is 20.7 Å². The third kappa shape index (κ3) is 4.56. The monoisotopic (exact) mass is 256 g/mol. The molecule has 1 atom stereocenters. The van der Waals surface area contributed by atoms with E-state index in [2.05, 4.69) is 0 Å². The summed E-state index contributed by atoms with van der Waals surface area (Å²) in [6.07, 6.45) is 1.81. The minimum Gasteiger partial charge on any atom is -0.481 e. The zero-order valence-corrected chi connectivity index (χ0v) is 10.5. The van der Waals surface area contributed by atoms with Gasteiger partial charge < -0.3 is 9.84 Å². The average molecular weight is 256 g/mol. The Kier molecular flexibility index (Phi) is 5.69. The number of carboxylic acid groups (broad SMARTS) is 1. The van der Waals surface area contributed by atoms with Gasteiger partial charge in [0.2, 0.25) is 0 Å². The van der Waals surface area contributed by atoms with Gasteiger partial charge in [-0.1, -0.05) is 6.07 Å². The number of esters is 1. The van der Waals surface area contributed by atoms with E-state index in [1.54, 1.807) is 18.3 Å². The predicted molar refractivity (Wildman–Crippen MR) is 65.0 cm³/mol. The van der Waals surface area contributed by atoms with Gasteiger partial charge in [-0.05, 0) is 37.6 Å². The van der Waals surface area contributed by atoms with Crippen LogP contribution in [-0.4, -0.2) is 23.7 Å². The zero-order valence-electron chi connectivity index (χ0n) is 9.72. The Hall–Kier alpha value is -1.36. The minimum absolute atomic E-state index is 0.216. The van der Waals surface area contributed by atoms with Gasteiger partial charge in [0.25, 0.3) is 0 Å². The van der Waals surface area contributed by atoms with E-state index in [-0.39, 0.29) is 6.61 Å². The molecular formula is C12H16O4S. The number of aryl methyl sites for hydroxylation is 1. The van der Waals surface area contributed by atoms with Crippen LogP contribution in [0.1, 0.15) is 24.6 Å². The van der Waals surface area contributed by atoms with Gasteiger partial charge in [-0.2, -0.15) is 0 Å². The number of hydrogen-bond acceptors (Lipinski definition) is 4. The van der Waals surface area contributed by atoms with Gasteiger partial charge in [-0.25, -0.2) is 0 Å². The Balaban J connectivity index is 2.39. The summed E-state index contributed by atoms with van der Waals surface area (Å²) < 4.78 is 4.74. The van der Waals surface area contributed by atoms with Crippen LogP contribution < -0.4 is 0 Å². The number of carbonyl (C=O) groups excluding carboxylic acids is 1. The second-order valence-electron chi connectivity index (χ2n) is 3.61. The lowest BCUT2D eigenvalue weighted by Crippen LogP contribution is -2.26. The maximum absolute atomic E-state index is 11.4. The Morgan fingerprint density at radius 3 is 2.82 bits per heavy atom. The number of carbonyl (C=O) groups is 2. The van der Waals surface area contributed by atoms with Crippen LogP contribution in [0.15, 0.2) is 17.5 Å². The molecule has 0 aromatic carbocycles. The van der Waals surface area contributed by atoms with Crippen molar-refractivity contribution in [1.82, 2.24) is 0 Å². The third-order valence-electron chi connectivity index (χ3n) is 2.37. The van der Waals surface area contributed by atoms with E-state index in [1.165, 1.54) is 4.88 Å². The highest BCUT2D eigenvalue weighted by molar-refractivity contribution is 7.09. The van der Waals surface area contributed by atoms with Gasteiger partial charge in [-0.15, -0.1) is 11.3 Å². The first-order valence-electron chi connectivity index (χ1n) is 5.57. The maximum atomic E-state index is 11.4. The van der Waals surface area contributed by atoms with Crippen LogP contribution in [0.5, 0.6) is 0 Å². The summed E-state index contributed by atoms with van der Waals surface area (Å²) >= 11 is 1.64. The third-order valence-corrected chi connectivity index (χ3v) is 3.30. The van der Waals surface area contributed by atoms with Crippen LogP contribution in [0, 0.1) is 5.92 Å². The van der Waals surface area contributed by atoms with E-state index in [0.29, 0.717) is 12.8 Å². The molecule has 1 rings (SSSR count). The number of ether oxygens (including phenoxy) is 1. The van der Waals surface area contributed by atoms with E-state index >= 15 is 0 Å². The standard InChI is InChI=1S/C12H16O4S/c1-2-16-12(15)10(11(13)14)7-3-5-9-6-4-8-17-9/h4,6,8,10H,2-3,5,7H2,1H3,(H,13,14). The van der Waals surface area contributed by atoms with Crippen LogP contribution >= 0.6 is 11.3 Å². The largest absolute Gasteiger partial charge is 0.481 e. The first-order valence-corrected chi connectivity index (χ1v) is 6.45. The number of hydrogen-bond donors (Lipinski definition) is 1. The summed E-state index contributed by atoms with van der Waals surface area (Å²) in [6, 6.07) is 3.96. The fraction of sp³-hybridized carbons (Fsp3) is 0.500. The molecule has 1 aromatic rings. The highest BCUT2D eigenvalue weighted by atomic mass is 32.1. The molecule has 0 spiro atoms. The van der Waals surface area contributed by atoms with E-state index in [0.717, 1.165) is 6.42 Å². The van der Waals surface area contributed by atoms with E-state index < -0.39 is 17.9 Å². The van der Waals surface area contributed by atoms with Gasteiger partial charge >= 0.3 is 11.9 Å². The molecule has 0 amide bonds. The van der Waals surface area contributed by atoms with Crippen LogP contribution in [0.3, 0.4) is 0 Å². The van der Waals surface area contributed by atoms with Gasteiger partial charge in [0, 0.05) is 4.88 Å². The molecule has 1 unspecified atom stereocenters. The molecule has 0 aliphatic rings. The molecule has 5 heteroatoms. The van der Waals surface area contributed by atoms with Crippen molar-refractivity contribution in [3.8, 4) is 0 Å². The second kappa shape index (κ2) is 7.06. The first-order chi connectivity index (χ1) is 8.15. The van der Waals surface area contributed by atoms with Crippen LogP contribution in [0.25, 0.3) is 0 Å². The molecule has 4 nitrogen and oxygen atoms in total. The molecule has 17 heavy (non-hydrogen) atoms. The fourth-order valence-electron chi connectivity index (χ4n) is 1.52. The molecule has 94 valence electrons. The molecule has 0 radical (unpaired) electrons. The van der Waals surface area contributed by atoms with Crippen molar-refractivity contribution in [2.24, 2.45) is 5.92 Å². The lowest BCUT2D eigenvalue weighted by Gasteiger charge is -2.10. The molecule has 0 aliphatic carbocycles.